The SMILES string of the molecule is CCOC(=O)Cc1cc(COC)ccc1OCc1c2cc(-c3cccc4c(N)nccc34)ccc2nn1C1CC(NC(=O)OC(C)(C)C)C1. The maximum Gasteiger partial charge on any atom is 0.407 e. The van der Waals surface area contributed by atoms with Gasteiger partial charge in [-0.3, -0.25) is 9.48 Å². The molecule has 49 heavy (non-hydrogen) atoms. The number of amides is 1. The Balaban J connectivity index is 1.35. The number of benzene rings is 3. The minimum atomic E-state index is -0.574. The van der Waals surface area contributed by atoms with Crippen LogP contribution < -0.4 is 15.8 Å². The Morgan fingerprint density at radius 1 is 1.00 bits per heavy atom. The van der Waals surface area contributed by atoms with Crippen LogP contribution in [-0.4, -0.2) is 52.2 Å². The molecule has 256 valence electrons. The number of ether oxygens (including phenoxy) is 4. The number of carbonyl (C=O) groups excluding carboxylic acids is 2. The van der Waals surface area contributed by atoms with E-state index in [1.54, 1.807) is 20.2 Å². The third-order valence-corrected chi connectivity index (χ3v) is 8.57. The number of nitrogens with zero attached hydrogens (tertiary/aromatic N) is 3. The molecule has 0 atom stereocenters. The molecule has 11 nitrogen and oxygen atoms in total. The number of hydrogen-bond donors (Lipinski definition) is 2. The minimum absolute atomic E-state index is 0.0317. The van der Waals surface area contributed by atoms with Crippen molar-refractivity contribution in [3.8, 4) is 16.9 Å². The Morgan fingerprint density at radius 2 is 1.82 bits per heavy atom. The highest BCUT2D eigenvalue weighted by atomic mass is 16.6. The summed E-state index contributed by atoms with van der Waals surface area (Å²) in [4.78, 5) is 29.2. The summed E-state index contributed by atoms with van der Waals surface area (Å²) in [6, 6.07) is 20.0. The summed E-state index contributed by atoms with van der Waals surface area (Å²) in [5, 5.41) is 10.9. The highest BCUT2D eigenvalue weighted by molar-refractivity contribution is 6.02. The molecule has 2 heterocycles. The maximum absolute atomic E-state index is 12.5. The molecule has 1 saturated carbocycles. The molecular weight excluding hydrogens is 622 g/mol. The average molecular weight is 666 g/mol. The van der Waals surface area contributed by atoms with E-state index < -0.39 is 11.7 Å². The highest BCUT2D eigenvalue weighted by Gasteiger charge is 2.35. The van der Waals surface area contributed by atoms with Crippen molar-refractivity contribution in [1.29, 1.82) is 0 Å². The Bertz CT molecular complexity index is 1990. The van der Waals surface area contributed by atoms with E-state index in [4.69, 9.17) is 29.8 Å². The van der Waals surface area contributed by atoms with Crippen LogP contribution in [-0.2, 0) is 38.6 Å². The van der Waals surface area contributed by atoms with Crippen LogP contribution in [0.25, 0.3) is 32.8 Å². The smallest absolute Gasteiger partial charge is 0.407 e. The Kier molecular flexibility index (Phi) is 9.73. The van der Waals surface area contributed by atoms with Crippen LogP contribution in [0.1, 0.15) is 63.4 Å². The zero-order valence-corrected chi connectivity index (χ0v) is 28.6. The summed E-state index contributed by atoms with van der Waals surface area (Å²) >= 11 is 0. The number of methoxy groups -OCH3 is 1. The lowest BCUT2D eigenvalue weighted by Crippen LogP contribution is -2.47. The molecule has 0 unspecified atom stereocenters. The second kappa shape index (κ2) is 14.1. The van der Waals surface area contributed by atoms with Crippen LogP contribution in [0.5, 0.6) is 5.75 Å². The molecule has 0 bridgehead atoms. The quantitative estimate of drug-likeness (QED) is 0.144. The van der Waals surface area contributed by atoms with Crippen molar-refractivity contribution >= 4 is 39.6 Å². The highest BCUT2D eigenvalue weighted by Crippen LogP contribution is 2.38. The molecule has 0 spiro atoms. The summed E-state index contributed by atoms with van der Waals surface area (Å²) in [6.45, 7) is 8.23. The number of hydrogen-bond acceptors (Lipinski definition) is 9. The lowest BCUT2D eigenvalue weighted by Gasteiger charge is -2.37. The first kappa shape index (κ1) is 33.7. The van der Waals surface area contributed by atoms with Gasteiger partial charge in [-0.05, 0) is 92.9 Å². The van der Waals surface area contributed by atoms with Crippen LogP contribution >= 0.6 is 0 Å². The normalized spacial score (nSPS) is 15.9. The first-order valence-electron chi connectivity index (χ1n) is 16.6. The molecule has 0 radical (unpaired) electrons. The Morgan fingerprint density at radius 3 is 2.57 bits per heavy atom. The zero-order valence-electron chi connectivity index (χ0n) is 28.6. The number of nitrogens with one attached hydrogen (secondary N) is 1. The number of fused-ring (bicyclic) bond motifs is 2. The molecule has 0 saturated heterocycles. The lowest BCUT2D eigenvalue weighted by atomic mass is 9.86. The van der Waals surface area contributed by atoms with E-state index in [9.17, 15) is 9.59 Å². The van der Waals surface area contributed by atoms with Crippen molar-refractivity contribution in [2.45, 2.75) is 77.9 Å². The summed E-state index contributed by atoms with van der Waals surface area (Å²) in [5.74, 6) is 0.739. The van der Waals surface area contributed by atoms with E-state index >= 15 is 0 Å². The van der Waals surface area contributed by atoms with Crippen molar-refractivity contribution in [3.63, 3.8) is 0 Å². The molecule has 1 fully saturated rings. The van der Waals surface area contributed by atoms with Crippen LogP contribution in [0.2, 0.25) is 0 Å². The largest absolute Gasteiger partial charge is 0.487 e. The van der Waals surface area contributed by atoms with Gasteiger partial charge in [0.1, 0.15) is 23.8 Å². The second-order valence-corrected chi connectivity index (χ2v) is 13.3. The maximum atomic E-state index is 12.5. The van der Waals surface area contributed by atoms with Crippen LogP contribution in [0.4, 0.5) is 10.6 Å². The predicted molar refractivity (Wildman–Crippen MR) is 188 cm³/mol. The number of esters is 1. The molecule has 3 N–H and O–H groups in total. The number of anilines is 1. The second-order valence-electron chi connectivity index (χ2n) is 13.3. The number of aromatic nitrogens is 3. The van der Waals surface area contributed by atoms with Gasteiger partial charge >= 0.3 is 12.1 Å². The van der Waals surface area contributed by atoms with Gasteiger partial charge in [0.2, 0.25) is 0 Å². The molecule has 2 aromatic heterocycles. The summed E-state index contributed by atoms with van der Waals surface area (Å²) < 4.78 is 24.6. The summed E-state index contributed by atoms with van der Waals surface area (Å²) in [7, 11) is 1.63. The van der Waals surface area contributed by atoms with Crippen LogP contribution in [0, 0.1) is 0 Å². The summed E-state index contributed by atoms with van der Waals surface area (Å²) in [5.41, 5.74) is 11.0. The number of alkyl carbamates (subject to hydrolysis) is 1. The van der Waals surface area contributed by atoms with Gasteiger partial charge in [-0.25, -0.2) is 9.78 Å². The summed E-state index contributed by atoms with van der Waals surface area (Å²) in [6.07, 6.45) is 2.77. The van der Waals surface area contributed by atoms with Crippen molar-refractivity contribution < 1.29 is 28.5 Å². The van der Waals surface area contributed by atoms with Gasteiger partial charge in [-0.1, -0.05) is 30.3 Å². The van der Waals surface area contributed by atoms with E-state index in [-0.39, 0.29) is 31.1 Å². The fourth-order valence-electron chi connectivity index (χ4n) is 6.31. The van der Waals surface area contributed by atoms with Crippen molar-refractivity contribution in [1.82, 2.24) is 20.1 Å². The topological polar surface area (TPSA) is 140 Å². The van der Waals surface area contributed by atoms with Gasteiger partial charge in [0, 0.05) is 35.7 Å². The monoisotopic (exact) mass is 665 g/mol. The van der Waals surface area contributed by atoms with Gasteiger partial charge in [-0.15, -0.1) is 0 Å². The van der Waals surface area contributed by atoms with Gasteiger partial charge in [0.05, 0.1) is 36.9 Å². The van der Waals surface area contributed by atoms with E-state index in [0.717, 1.165) is 49.6 Å². The molecule has 5 aromatic rings. The van der Waals surface area contributed by atoms with Crippen molar-refractivity contribution in [2.24, 2.45) is 0 Å². The van der Waals surface area contributed by atoms with Gasteiger partial charge in [0.15, 0.2) is 0 Å². The molecule has 6 rings (SSSR count). The van der Waals surface area contributed by atoms with Gasteiger partial charge in [-0.2, -0.15) is 5.10 Å². The molecule has 1 aliphatic rings. The number of nitrogens with two attached hydrogens (primary N) is 1. The fraction of sp³-hybridized carbons (Fsp3) is 0.368. The van der Waals surface area contributed by atoms with Crippen LogP contribution in [0.3, 0.4) is 0 Å². The first-order chi connectivity index (χ1) is 23.5. The molecule has 1 amide bonds. The third kappa shape index (κ3) is 7.62. The van der Waals surface area contributed by atoms with Crippen molar-refractivity contribution in [2.75, 3.05) is 19.5 Å². The molecule has 1 aliphatic carbocycles. The van der Waals surface area contributed by atoms with Crippen LogP contribution in [0.15, 0.2) is 66.9 Å². The molecule has 3 aromatic carbocycles. The molecular formula is C38H43N5O6. The number of rotatable bonds is 11. The van der Waals surface area contributed by atoms with E-state index in [2.05, 4.69) is 28.5 Å². The molecule has 11 heteroatoms. The lowest BCUT2D eigenvalue weighted by molar-refractivity contribution is -0.142. The van der Waals surface area contributed by atoms with E-state index in [0.29, 0.717) is 37.6 Å². The van der Waals surface area contributed by atoms with E-state index in [1.165, 1.54) is 0 Å². The number of pyridine rings is 1. The average Bonchev–Trinajstić information content (AvgIpc) is 3.38. The molecule has 0 aliphatic heterocycles. The first-order valence-corrected chi connectivity index (χ1v) is 16.6. The Labute approximate surface area is 285 Å². The predicted octanol–water partition coefficient (Wildman–Crippen LogP) is 6.89. The Hall–Kier alpha value is -5.16. The van der Waals surface area contributed by atoms with E-state index in [1.807, 2.05) is 67.9 Å². The third-order valence-electron chi connectivity index (χ3n) is 8.57. The number of nitrogen functional groups attached to an aromatic ring is 1. The minimum Gasteiger partial charge on any atom is -0.487 e. The van der Waals surface area contributed by atoms with Gasteiger partial charge in [0.25, 0.3) is 0 Å². The standard InChI is InChI=1S/C38H43N5O6/c1-6-47-35(44)18-25-16-23(21-46-5)10-13-34(25)48-22-33-31-17-24(28-8-7-9-30-29(28)14-15-40-36(30)39)11-12-32(31)42-43(33)27-19-26(20-27)41-37(45)49-38(2,3)4/h7-17,26-27H,6,18-22H2,1-5H3,(H2,39,40)(H,41,45). The van der Waals surface area contributed by atoms with Gasteiger partial charge < -0.3 is 30.0 Å². The number of carbonyl (C=O) groups is 2. The zero-order chi connectivity index (χ0) is 34.7. The fourth-order valence-corrected chi connectivity index (χ4v) is 6.31. The van der Waals surface area contributed by atoms with Crippen molar-refractivity contribution in [3.05, 3.63) is 83.7 Å².